The minimum atomic E-state index is -3.59. The maximum atomic E-state index is 14.4. The Morgan fingerprint density at radius 1 is 1.18 bits per heavy atom. The highest BCUT2D eigenvalue weighted by Crippen LogP contribution is 2.34. The largest absolute Gasteiger partial charge is 0.354 e. The second kappa shape index (κ2) is 11.0. The van der Waals surface area contributed by atoms with E-state index < -0.39 is 15.8 Å². The van der Waals surface area contributed by atoms with Crippen molar-refractivity contribution in [3.05, 3.63) is 46.3 Å². The van der Waals surface area contributed by atoms with Crippen LogP contribution in [-0.4, -0.2) is 57.8 Å². The van der Waals surface area contributed by atoms with Crippen LogP contribution in [0.15, 0.2) is 23.2 Å². The van der Waals surface area contributed by atoms with Gasteiger partial charge in [-0.3, -0.25) is 4.72 Å². The molecule has 0 atom stereocenters. The van der Waals surface area contributed by atoms with Crippen molar-refractivity contribution in [3.63, 3.8) is 0 Å². The van der Waals surface area contributed by atoms with E-state index in [1.54, 1.807) is 6.07 Å². The molecule has 0 saturated carbocycles. The molecule has 1 aromatic heterocycles. The zero-order valence-corrected chi connectivity index (χ0v) is 21.1. The molecule has 8 nitrogen and oxygen atoms in total. The molecule has 1 aromatic carbocycles. The number of sulfonamides is 1. The third-order valence-electron chi connectivity index (χ3n) is 5.55. The van der Waals surface area contributed by atoms with Crippen LogP contribution in [-0.2, 0) is 22.2 Å². The van der Waals surface area contributed by atoms with Crippen LogP contribution in [0.3, 0.4) is 0 Å². The SMILES string of the molecule is CCc1c(C#N)c(SCc2ccc(NS(C)(=O)=O)c(F)c2)nc(N2CCCN(C)CC2)c1C#N. The van der Waals surface area contributed by atoms with Crippen LogP contribution in [0.4, 0.5) is 15.9 Å². The smallest absolute Gasteiger partial charge is 0.229 e. The van der Waals surface area contributed by atoms with E-state index in [9.17, 15) is 23.3 Å². The molecule has 1 saturated heterocycles. The molecule has 180 valence electrons. The Bertz CT molecular complexity index is 1250. The maximum absolute atomic E-state index is 14.4. The first kappa shape index (κ1) is 25.8. The van der Waals surface area contributed by atoms with Gasteiger partial charge in [0.1, 0.15) is 28.8 Å². The van der Waals surface area contributed by atoms with E-state index in [1.165, 1.54) is 23.9 Å². The number of hydrogen-bond donors (Lipinski definition) is 1. The van der Waals surface area contributed by atoms with Crippen molar-refractivity contribution in [1.29, 1.82) is 10.5 Å². The summed E-state index contributed by atoms with van der Waals surface area (Å²) in [7, 11) is -1.52. The van der Waals surface area contributed by atoms with Crippen molar-refractivity contribution in [2.24, 2.45) is 0 Å². The molecule has 34 heavy (non-hydrogen) atoms. The minimum Gasteiger partial charge on any atom is -0.354 e. The number of nitrogens with one attached hydrogen (secondary N) is 1. The number of nitrogens with zero attached hydrogens (tertiary/aromatic N) is 5. The number of aromatic nitrogens is 1. The van der Waals surface area contributed by atoms with Crippen LogP contribution in [0.25, 0.3) is 0 Å². The van der Waals surface area contributed by atoms with Crippen molar-refractivity contribution in [3.8, 4) is 12.1 Å². The normalized spacial score (nSPS) is 14.8. The lowest BCUT2D eigenvalue weighted by atomic mass is 10.0. The van der Waals surface area contributed by atoms with Gasteiger partial charge in [0, 0.05) is 25.4 Å². The van der Waals surface area contributed by atoms with E-state index >= 15 is 0 Å². The fourth-order valence-electron chi connectivity index (χ4n) is 3.86. The number of rotatable bonds is 7. The monoisotopic (exact) mass is 502 g/mol. The number of nitriles is 2. The Balaban J connectivity index is 1.94. The first-order chi connectivity index (χ1) is 16.2. The first-order valence-corrected chi connectivity index (χ1v) is 13.7. The number of halogens is 1. The Kier molecular flexibility index (Phi) is 8.37. The van der Waals surface area contributed by atoms with Gasteiger partial charge in [-0.15, -0.1) is 11.8 Å². The minimum absolute atomic E-state index is 0.118. The van der Waals surface area contributed by atoms with Gasteiger partial charge in [-0.25, -0.2) is 17.8 Å². The molecule has 0 unspecified atom stereocenters. The molecule has 0 aliphatic carbocycles. The summed E-state index contributed by atoms with van der Waals surface area (Å²) in [6.45, 7) is 5.23. The fraction of sp³-hybridized carbons (Fsp3) is 0.435. The number of pyridine rings is 1. The zero-order valence-electron chi connectivity index (χ0n) is 19.4. The molecular weight excluding hydrogens is 475 g/mol. The summed E-state index contributed by atoms with van der Waals surface area (Å²) in [5, 5.41) is 20.3. The maximum Gasteiger partial charge on any atom is 0.229 e. The molecular formula is C23H27FN6O2S2. The van der Waals surface area contributed by atoms with Crippen LogP contribution in [0.1, 0.15) is 35.6 Å². The van der Waals surface area contributed by atoms with Crippen LogP contribution in [0.5, 0.6) is 0 Å². The van der Waals surface area contributed by atoms with E-state index in [-0.39, 0.29) is 5.69 Å². The zero-order chi connectivity index (χ0) is 24.9. The first-order valence-electron chi connectivity index (χ1n) is 10.9. The van der Waals surface area contributed by atoms with Crippen molar-refractivity contribution >= 4 is 33.3 Å². The molecule has 0 amide bonds. The average Bonchev–Trinajstić information content (AvgIpc) is 3.01. The van der Waals surface area contributed by atoms with Crippen LogP contribution in [0.2, 0.25) is 0 Å². The molecule has 1 fully saturated rings. The highest BCUT2D eigenvalue weighted by atomic mass is 32.2. The van der Waals surface area contributed by atoms with E-state index in [4.69, 9.17) is 4.98 Å². The van der Waals surface area contributed by atoms with Crippen LogP contribution >= 0.6 is 11.8 Å². The van der Waals surface area contributed by atoms with E-state index in [0.717, 1.165) is 38.9 Å². The van der Waals surface area contributed by atoms with Gasteiger partial charge < -0.3 is 9.80 Å². The topological polar surface area (TPSA) is 113 Å². The number of hydrogen-bond acceptors (Lipinski definition) is 8. The lowest BCUT2D eigenvalue weighted by Gasteiger charge is -2.25. The summed E-state index contributed by atoms with van der Waals surface area (Å²) in [6, 6.07) is 8.75. The molecule has 2 heterocycles. The van der Waals surface area contributed by atoms with Gasteiger partial charge in [-0.2, -0.15) is 10.5 Å². The summed E-state index contributed by atoms with van der Waals surface area (Å²) in [6.07, 6.45) is 2.42. The molecule has 2 aromatic rings. The van der Waals surface area contributed by atoms with Crippen molar-refractivity contribution < 1.29 is 12.8 Å². The van der Waals surface area contributed by atoms with Crippen molar-refractivity contribution in [2.75, 3.05) is 49.1 Å². The molecule has 11 heteroatoms. The molecule has 1 N–H and O–H groups in total. The second-order valence-electron chi connectivity index (χ2n) is 8.17. The highest BCUT2D eigenvalue weighted by molar-refractivity contribution is 7.98. The summed E-state index contributed by atoms with van der Waals surface area (Å²) in [5.41, 5.74) is 1.99. The average molecular weight is 503 g/mol. The van der Waals surface area contributed by atoms with Gasteiger partial charge in [0.2, 0.25) is 10.0 Å². The Hall–Kier alpha value is -2.86. The summed E-state index contributed by atoms with van der Waals surface area (Å²) < 4.78 is 39.3. The number of anilines is 2. The third kappa shape index (κ3) is 6.17. The van der Waals surface area contributed by atoms with Gasteiger partial charge >= 0.3 is 0 Å². The summed E-state index contributed by atoms with van der Waals surface area (Å²) in [4.78, 5) is 9.10. The van der Waals surface area contributed by atoms with Gasteiger partial charge in [0.15, 0.2) is 0 Å². The Morgan fingerprint density at radius 2 is 1.91 bits per heavy atom. The Labute approximate surface area is 204 Å². The molecule has 3 rings (SSSR count). The molecule has 0 spiro atoms. The lowest BCUT2D eigenvalue weighted by molar-refractivity contribution is 0.360. The third-order valence-corrected chi connectivity index (χ3v) is 7.19. The van der Waals surface area contributed by atoms with Gasteiger partial charge in [-0.1, -0.05) is 13.0 Å². The standard InChI is InChI=1S/C23H27FN6O2S2/c1-4-17-18(13-25)22(30-9-5-8-29(2)10-11-30)27-23(19(17)14-26)33-15-16-6-7-21(20(24)12-16)28-34(3,31)32/h6-7,12,28H,4-5,8-11,15H2,1-3H3. The Morgan fingerprint density at radius 3 is 2.53 bits per heavy atom. The van der Waals surface area contributed by atoms with Crippen LogP contribution in [0, 0.1) is 28.5 Å². The van der Waals surface area contributed by atoms with E-state index in [2.05, 4.69) is 33.7 Å². The lowest BCUT2D eigenvalue weighted by Crippen LogP contribution is -2.30. The molecule has 1 aliphatic rings. The van der Waals surface area contributed by atoms with Crippen LogP contribution < -0.4 is 9.62 Å². The van der Waals surface area contributed by atoms with Crippen molar-refractivity contribution in [2.45, 2.75) is 30.5 Å². The van der Waals surface area contributed by atoms with E-state index in [0.29, 0.717) is 45.3 Å². The quantitative estimate of drug-likeness (QED) is 0.574. The number of thioether (sulfide) groups is 1. The second-order valence-corrected chi connectivity index (χ2v) is 10.9. The van der Waals surface area contributed by atoms with Gasteiger partial charge in [0.05, 0.1) is 23.1 Å². The number of likely N-dealkylation sites (N-methyl/N-ethyl adjacent to an activating group) is 1. The summed E-state index contributed by atoms with van der Waals surface area (Å²) >= 11 is 1.30. The van der Waals surface area contributed by atoms with Crippen molar-refractivity contribution in [1.82, 2.24) is 9.88 Å². The predicted molar refractivity (Wildman–Crippen MR) is 132 cm³/mol. The fourth-order valence-corrected chi connectivity index (χ4v) is 5.37. The highest BCUT2D eigenvalue weighted by Gasteiger charge is 2.24. The van der Waals surface area contributed by atoms with Gasteiger partial charge in [-0.05, 0) is 49.7 Å². The predicted octanol–water partition coefficient (Wildman–Crippen LogP) is 3.33. The van der Waals surface area contributed by atoms with E-state index in [1.807, 2.05) is 6.92 Å². The number of benzene rings is 1. The van der Waals surface area contributed by atoms with Gasteiger partial charge in [0.25, 0.3) is 0 Å². The molecule has 0 radical (unpaired) electrons. The molecule has 1 aliphatic heterocycles. The summed E-state index contributed by atoms with van der Waals surface area (Å²) in [5.74, 6) is 0.241. The molecule has 0 bridgehead atoms.